The zero-order valence-electron chi connectivity index (χ0n) is 13.9. The van der Waals surface area contributed by atoms with Crippen molar-refractivity contribution >= 4 is 5.57 Å². The molecule has 2 aliphatic heterocycles. The molecule has 2 aromatic carbocycles. The summed E-state index contributed by atoms with van der Waals surface area (Å²) in [4.78, 5) is 2.61. The highest BCUT2D eigenvalue weighted by Crippen LogP contribution is 2.41. The van der Waals surface area contributed by atoms with Crippen LogP contribution in [0.5, 0.6) is 5.75 Å². The smallest absolute Gasteiger partial charge is 0.129 e. The second-order valence-electron chi connectivity index (χ2n) is 6.70. The Balaban J connectivity index is 1.60. The Morgan fingerprint density at radius 2 is 1.96 bits per heavy atom. The van der Waals surface area contributed by atoms with Crippen molar-refractivity contribution in [1.82, 2.24) is 4.90 Å². The number of methoxy groups -OCH3 is 1. The summed E-state index contributed by atoms with van der Waals surface area (Å²) in [7, 11) is 1.61. The van der Waals surface area contributed by atoms with Gasteiger partial charge in [0.25, 0.3) is 0 Å². The van der Waals surface area contributed by atoms with Gasteiger partial charge in [0.15, 0.2) is 0 Å². The number of nitrogens with zero attached hydrogens (tertiary/aromatic N) is 1. The predicted molar refractivity (Wildman–Crippen MR) is 94.3 cm³/mol. The monoisotopic (exact) mass is 323 g/mol. The van der Waals surface area contributed by atoms with E-state index in [-0.39, 0.29) is 5.82 Å². The van der Waals surface area contributed by atoms with E-state index in [0.29, 0.717) is 17.8 Å². The molecule has 0 spiro atoms. The fourth-order valence-corrected chi connectivity index (χ4v) is 4.09. The molecule has 2 nitrogen and oxygen atoms in total. The molecule has 1 saturated heterocycles. The summed E-state index contributed by atoms with van der Waals surface area (Å²) in [6.07, 6.45) is 5.79. The average Bonchev–Trinajstić information content (AvgIpc) is 2.83. The zero-order valence-corrected chi connectivity index (χ0v) is 13.9. The normalized spacial score (nSPS) is 23.2. The molecule has 0 aromatic heterocycles. The van der Waals surface area contributed by atoms with Gasteiger partial charge < -0.3 is 4.74 Å². The van der Waals surface area contributed by atoms with Crippen LogP contribution < -0.4 is 4.74 Å². The number of hydrogen-bond acceptors (Lipinski definition) is 2. The van der Waals surface area contributed by atoms with Crippen LogP contribution in [0.15, 0.2) is 54.6 Å². The van der Waals surface area contributed by atoms with E-state index < -0.39 is 0 Å². The summed E-state index contributed by atoms with van der Waals surface area (Å²) >= 11 is 0. The topological polar surface area (TPSA) is 12.5 Å². The molecule has 2 bridgehead atoms. The molecule has 2 unspecified atom stereocenters. The van der Waals surface area contributed by atoms with Gasteiger partial charge in [-0.05, 0) is 42.5 Å². The lowest BCUT2D eigenvalue weighted by molar-refractivity contribution is 0.203. The van der Waals surface area contributed by atoms with Gasteiger partial charge in [-0.3, -0.25) is 4.90 Å². The van der Waals surface area contributed by atoms with E-state index >= 15 is 0 Å². The first-order chi connectivity index (χ1) is 11.7. The number of ether oxygens (including phenoxy) is 1. The third kappa shape index (κ3) is 2.84. The van der Waals surface area contributed by atoms with Crippen molar-refractivity contribution in [2.75, 3.05) is 7.11 Å². The summed E-state index contributed by atoms with van der Waals surface area (Å²) in [6.45, 7) is 1.00. The van der Waals surface area contributed by atoms with E-state index in [1.165, 1.54) is 36.1 Å². The van der Waals surface area contributed by atoms with Crippen molar-refractivity contribution in [1.29, 1.82) is 0 Å². The maximum absolute atomic E-state index is 13.5. The molecular formula is C21H22FNO. The Morgan fingerprint density at radius 1 is 1.12 bits per heavy atom. The maximum atomic E-state index is 13.5. The largest absolute Gasteiger partial charge is 0.496 e. The van der Waals surface area contributed by atoms with Crippen molar-refractivity contribution in [2.24, 2.45) is 0 Å². The number of fused-ring (bicyclic) bond motifs is 2. The molecule has 24 heavy (non-hydrogen) atoms. The molecule has 0 saturated carbocycles. The first-order valence-electron chi connectivity index (χ1n) is 8.59. The molecule has 0 N–H and O–H groups in total. The summed E-state index contributed by atoms with van der Waals surface area (Å²) in [5.74, 6) is 0.387. The van der Waals surface area contributed by atoms with Crippen molar-refractivity contribution in [2.45, 2.75) is 37.9 Å². The Labute approximate surface area is 142 Å². The van der Waals surface area contributed by atoms with Gasteiger partial charge in [0.1, 0.15) is 11.6 Å². The van der Waals surface area contributed by atoms with Crippen LogP contribution in [-0.4, -0.2) is 24.1 Å². The standard InChI is InChI=1S/C21H22FNO/c1-24-21-13-17(22)7-10-20(21)16-11-18-8-9-19(12-16)23(18)14-15-5-3-2-4-6-15/h2-7,10-11,13,18-19H,8-9,12,14H2,1H3. The van der Waals surface area contributed by atoms with Gasteiger partial charge in [0.2, 0.25) is 0 Å². The van der Waals surface area contributed by atoms with E-state index in [1.54, 1.807) is 7.11 Å². The Hall–Kier alpha value is -2.13. The number of halogens is 1. The molecule has 3 heteroatoms. The fourth-order valence-electron chi connectivity index (χ4n) is 4.09. The molecule has 0 radical (unpaired) electrons. The van der Waals surface area contributed by atoms with Crippen LogP contribution in [0.4, 0.5) is 4.39 Å². The third-order valence-corrected chi connectivity index (χ3v) is 5.26. The van der Waals surface area contributed by atoms with Crippen LogP contribution >= 0.6 is 0 Å². The van der Waals surface area contributed by atoms with Crippen LogP contribution in [0.3, 0.4) is 0 Å². The number of hydrogen-bond donors (Lipinski definition) is 0. The Morgan fingerprint density at radius 3 is 2.71 bits per heavy atom. The van der Waals surface area contributed by atoms with Crippen LogP contribution in [0, 0.1) is 5.82 Å². The highest BCUT2D eigenvalue weighted by Gasteiger charge is 2.37. The van der Waals surface area contributed by atoms with Gasteiger partial charge in [0, 0.05) is 30.3 Å². The second-order valence-corrected chi connectivity index (χ2v) is 6.70. The molecule has 0 amide bonds. The van der Waals surface area contributed by atoms with E-state index in [4.69, 9.17) is 4.74 Å². The van der Waals surface area contributed by atoms with Crippen molar-refractivity contribution in [3.05, 3.63) is 71.6 Å². The Bertz CT molecular complexity index is 756. The van der Waals surface area contributed by atoms with Gasteiger partial charge in [-0.15, -0.1) is 0 Å². The van der Waals surface area contributed by atoms with Gasteiger partial charge in [-0.1, -0.05) is 36.4 Å². The van der Waals surface area contributed by atoms with Gasteiger partial charge >= 0.3 is 0 Å². The molecule has 2 heterocycles. The van der Waals surface area contributed by atoms with E-state index in [1.807, 2.05) is 6.07 Å². The predicted octanol–water partition coefficient (Wildman–Crippen LogP) is 4.65. The lowest BCUT2D eigenvalue weighted by atomic mass is 9.93. The van der Waals surface area contributed by atoms with Crippen LogP contribution in [-0.2, 0) is 6.54 Å². The van der Waals surface area contributed by atoms with Gasteiger partial charge in [0.05, 0.1) is 7.11 Å². The summed E-state index contributed by atoms with van der Waals surface area (Å²) in [6, 6.07) is 16.5. The van der Waals surface area contributed by atoms with Crippen LogP contribution in [0.25, 0.3) is 5.57 Å². The molecule has 1 fully saturated rings. The second kappa shape index (κ2) is 6.40. The van der Waals surface area contributed by atoms with Crippen molar-refractivity contribution in [3.63, 3.8) is 0 Å². The summed E-state index contributed by atoms with van der Waals surface area (Å²) in [5.41, 5.74) is 3.70. The molecular weight excluding hydrogens is 301 g/mol. The van der Waals surface area contributed by atoms with Crippen LogP contribution in [0.1, 0.15) is 30.4 Å². The average molecular weight is 323 g/mol. The Kier molecular flexibility index (Phi) is 4.11. The quantitative estimate of drug-likeness (QED) is 0.812. The molecule has 4 rings (SSSR count). The highest BCUT2D eigenvalue weighted by atomic mass is 19.1. The van der Waals surface area contributed by atoms with Crippen LogP contribution in [0.2, 0.25) is 0 Å². The molecule has 2 aromatic rings. The number of benzene rings is 2. The maximum Gasteiger partial charge on any atom is 0.129 e. The molecule has 124 valence electrons. The van der Waals surface area contributed by atoms with E-state index in [2.05, 4.69) is 41.3 Å². The number of rotatable bonds is 4. The fraction of sp³-hybridized carbons (Fsp3) is 0.333. The van der Waals surface area contributed by atoms with Crippen molar-refractivity contribution < 1.29 is 9.13 Å². The van der Waals surface area contributed by atoms with Gasteiger partial charge in [-0.2, -0.15) is 0 Å². The SMILES string of the molecule is COc1cc(F)ccc1C1=CC2CCC(C1)N2Cc1ccccc1. The lowest BCUT2D eigenvalue weighted by Crippen LogP contribution is -2.37. The lowest BCUT2D eigenvalue weighted by Gasteiger charge is -2.34. The first kappa shape index (κ1) is 15.4. The highest BCUT2D eigenvalue weighted by molar-refractivity contribution is 5.72. The van der Waals surface area contributed by atoms with Crippen molar-refractivity contribution in [3.8, 4) is 5.75 Å². The van der Waals surface area contributed by atoms with E-state index in [0.717, 1.165) is 18.5 Å². The molecule has 0 aliphatic carbocycles. The zero-order chi connectivity index (χ0) is 16.5. The molecule has 2 aliphatic rings. The third-order valence-electron chi connectivity index (χ3n) is 5.26. The summed E-state index contributed by atoms with van der Waals surface area (Å²) in [5, 5.41) is 0. The minimum Gasteiger partial charge on any atom is -0.496 e. The molecule has 2 atom stereocenters. The van der Waals surface area contributed by atoms with Gasteiger partial charge in [-0.25, -0.2) is 4.39 Å². The minimum absolute atomic E-state index is 0.249. The summed E-state index contributed by atoms with van der Waals surface area (Å²) < 4.78 is 18.9. The minimum atomic E-state index is -0.249. The first-order valence-corrected chi connectivity index (χ1v) is 8.59. The van der Waals surface area contributed by atoms with E-state index in [9.17, 15) is 4.39 Å².